The van der Waals surface area contributed by atoms with Crippen molar-refractivity contribution in [2.75, 3.05) is 19.6 Å². The molecule has 0 spiro atoms. The van der Waals surface area contributed by atoms with E-state index in [9.17, 15) is 21.6 Å². The maximum absolute atomic E-state index is 13.8. The molecule has 1 atom stereocenters. The minimum absolute atomic E-state index is 0. The highest BCUT2D eigenvalue weighted by atomic mass is 35.5. The minimum atomic E-state index is -3.89. The molecule has 0 aromatic heterocycles. The lowest BCUT2D eigenvalue weighted by Crippen LogP contribution is -2.53. The van der Waals surface area contributed by atoms with Gasteiger partial charge in [0.05, 0.1) is 4.90 Å². The monoisotopic (exact) mass is 388 g/mol. The van der Waals surface area contributed by atoms with Crippen molar-refractivity contribution < 1.29 is 26.3 Å². The van der Waals surface area contributed by atoms with Crippen LogP contribution < -0.4 is 10.1 Å². The van der Waals surface area contributed by atoms with Gasteiger partial charge in [-0.05, 0) is 24.6 Å². The standard InChI is InChI=1S/C14H19F3N2O3S.ClH/c1-2-3-10-9-18-6-7-19(10)23(20,21)11-4-5-13(12(15)8-11)22-14(16)17;/h4-5,8,10,14,18H,2-3,6-7,9H2,1H3;1H. The molecule has 1 heterocycles. The van der Waals surface area contributed by atoms with Gasteiger partial charge in [-0.15, -0.1) is 12.4 Å². The fraction of sp³-hybridized carbons (Fsp3) is 0.571. The molecule has 1 N–H and O–H groups in total. The van der Waals surface area contributed by atoms with Gasteiger partial charge in [-0.1, -0.05) is 13.3 Å². The SMILES string of the molecule is CCCC1CNCCN1S(=O)(=O)c1ccc(OC(F)F)c(F)c1.Cl. The second-order valence-corrected chi connectivity index (χ2v) is 7.12. The Morgan fingerprint density at radius 1 is 1.42 bits per heavy atom. The van der Waals surface area contributed by atoms with Crippen LogP contribution in [0.3, 0.4) is 0 Å². The third kappa shape index (κ3) is 4.75. The molecule has 1 aliphatic heterocycles. The molecule has 0 radical (unpaired) electrons. The zero-order valence-corrected chi connectivity index (χ0v) is 14.7. The highest BCUT2D eigenvalue weighted by Crippen LogP contribution is 2.26. The topological polar surface area (TPSA) is 58.6 Å². The van der Waals surface area contributed by atoms with Gasteiger partial charge in [0.1, 0.15) is 0 Å². The normalized spacial score (nSPS) is 19.1. The van der Waals surface area contributed by atoms with Crippen LogP contribution in [0.25, 0.3) is 0 Å². The predicted octanol–water partition coefficient (Wildman–Crippen LogP) is 2.61. The van der Waals surface area contributed by atoms with Gasteiger partial charge in [0.15, 0.2) is 11.6 Å². The summed E-state index contributed by atoms with van der Waals surface area (Å²) in [5.74, 6) is -1.81. The van der Waals surface area contributed by atoms with Crippen molar-refractivity contribution in [2.24, 2.45) is 0 Å². The van der Waals surface area contributed by atoms with Crippen LogP contribution in [0.1, 0.15) is 19.8 Å². The van der Waals surface area contributed by atoms with Crippen LogP contribution in [0.4, 0.5) is 13.2 Å². The van der Waals surface area contributed by atoms with Crippen LogP contribution >= 0.6 is 12.4 Å². The molecule has 0 amide bonds. The quantitative estimate of drug-likeness (QED) is 0.813. The Hall–Kier alpha value is -1.03. The molecule has 10 heteroatoms. The molecule has 5 nitrogen and oxygen atoms in total. The molecule has 1 aromatic carbocycles. The van der Waals surface area contributed by atoms with Crippen LogP contribution in [-0.4, -0.2) is 45.0 Å². The largest absolute Gasteiger partial charge is 0.432 e. The number of alkyl halides is 2. The first-order valence-electron chi connectivity index (χ1n) is 7.33. The van der Waals surface area contributed by atoms with Gasteiger partial charge < -0.3 is 10.1 Å². The number of benzene rings is 1. The number of hydrogen-bond donors (Lipinski definition) is 1. The molecule has 0 aliphatic carbocycles. The number of ether oxygens (including phenoxy) is 1. The maximum atomic E-state index is 13.8. The first kappa shape index (κ1) is 21.0. The summed E-state index contributed by atoms with van der Waals surface area (Å²) in [4.78, 5) is -0.264. The van der Waals surface area contributed by atoms with Crippen molar-refractivity contribution in [1.29, 1.82) is 0 Å². The second kappa shape index (κ2) is 8.89. The second-order valence-electron chi connectivity index (χ2n) is 5.23. The van der Waals surface area contributed by atoms with Crippen LogP contribution in [0.2, 0.25) is 0 Å². The van der Waals surface area contributed by atoms with Crippen molar-refractivity contribution in [1.82, 2.24) is 9.62 Å². The minimum Gasteiger partial charge on any atom is -0.432 e. The van der Waals surface area contributed by atoms with E-state index in [1.54, 1.807) is 0 Å². The Morgan fingerprint density at radius 2 is 2.12 bits per heavy atom. The molecule has 1 saturated heterocycles. The average Bonchev–Trinajstić information content (AvgIpc) is 2.49. The molecule has 1 aromatic rings. The molecule has 2 rings (SSSR count). The van der Waals surface area contributed by atoms with E-state index < -0.39 is 28.2 Å². The molecular weight excluding hydrogens is 369 g/mol. The Balaban J connectivity index is 0.00000288. The van der Waals surface area contributed by atoms with E-state index >= 15 is 0 Å². The smallest absolute Gasteiger partial charge is 0.387 e. The van der Waals surface area contributed by atoms with Gasteiger partial charge in [0.2, 0.25) is 10.0 Å². The summed E-state index contributed by atoms with van der Waals surface area (Å²) in [6, 6.07) is 2.50. The summed E-state index contributed by atoms with van der Waals surface area (Å²) in [5.41, 5.74) is 0. The summed E-state index contributed by atoms with van der Waals surface area (Å²) in [7, 11) is -3.89. The summed E-state index contributed by atoms with van der Waals surface area (Å²) in [5, 5.41) is 3.13. The van der Waals surface area contributed by atoms with Gasteiger partial charge in [-0.3, -0.25) is 0 Å². The molecule has 1 unspecified atom stereocenters. The number of halogens is 4. The lowest BCUT2D eigenvalue weighted by molar-refractivity contribution is -0.0522. The third-order valence-electron chi connectivity index (χ3n) is 3.64. The van der Waals surface area contributed by atoms with Crippen LogP contribution in [0, 0.1) is 5.82 Å². The first-order valence-corrected chi connectivity index (χ1v) is 8.77. The van der Waals surface area contributed by atoms with E-state index in [0.717, 1.165) is 24.6 Å². The van der Waals surface area contributed by atoms with E-state index in [0.29, 0.717) is 19.5 Å². The summed E-state index contributed by atoms with van der Waals surface area (Å²) in [6.45, 7) is 0.102. The zero-order valence-electron chi connectivity index (χ0n) is 13.0. The van der Waals surface area contributed by atoms with Crippen LogP contribution in [0.15, 0.2) is 23.1 Å². The number of nitrogens with one attached hydrogen (secondary N) is 1. The third-order valence-corrected chi connectivity index (χ3v) is 5.59. The Morgan fingerprint density at radius 3 is 2.71 bits per heavy atom. The number of hydrogen-bond acceptors (Lipinski definition) is 4. The highest BCUT2D eigenvalue weighted by molar-refractivity contribution is 7.89. The summed E-state index contributed by atoms with van der Waals surface area (Å²) >= 11 is 0. The molecular formula is C14H20ClF3N2O3S. The van der Waals surface area contributed by atoms with Gasteiger partial charge in [0.25, 0.3) is 0 Å². The van der Waals surface area contributed by atoms with Crippen LogP contribution in [-0.2, 0) is 10.0 Å². The Labute approximate surface area is 145 Å². The van der Waals surface area contributed by atoms with Gasteiger partial charge in [-0.25, -0.2) is 12.8 Å². The number of rotatable bonds is 6. The number of piperazine rings is 1. The first-order chi connectivity index (χ1) is 10.9. The van der Waals surface area contributed by atoms with Crippen molar-refractivity contribution in [2.45, 2.75) is 37.3 Å². The molecule has 138 valence electrons. The van der Waals surface area contributed by atoms with Crippen molar-refractivity contribution in [3.63, 3.8) is 0 Å². The summed E-state index contributed by atoms with van der Waals surface area (Å²) < 4.78 is 68.8. The van der Waals surface area contributed by atoms with E-state index in [1.165, 1.54) is 4.31 Å². The van der Waals surface area contributed by atoms with E-state index in [1.807, 2.05) is 6.92 Å². The Bertz CT molecular complexity index is 644. The predicted molar refractivity (Wildman–Crippen MR) is 85.7 cm³/mol. The molecule has 1 aliphatic rings. The number of nitrogens with zero attached hydrogens (tertiary/aromatic N) is 1. The van der Waals surface area contributed by atoms with Crippen molar-refractivity contribution >= 4 is 22.4 Å². The number of sulfonamides is 1. The van der Waals surface area contributed by atoms with Gasteiger partial charge in [-0.2, -0.15) is 13.1 Å². The van der Waals surface area contributed by atoms with Crippen LogP contribution in [0.5, 0.6) is 5.75 Å². The zero-order chi connectivity index (χ0) is 17.0. The van der Waals surface area contributed by atoms with Gasteiger partial charge >= 0.3 is 6.61 Å². The van der Waals surface area contributed by atoms with E-state index in [-0.39, 0.29) is 29.9 Å². The molecule has 0 bridgehead atoms. The lowest BCUT2D eigenvalue weighted by Gasteiger charge is -2.35. The molecule has 1 fully saturated rings. The fourth-order valence-electron chi connectivity index (χ4n) is 2.61. The maximum Gasteiger partial charge on any atom is 0.387 e. The molecule has 24 heavy (non-hydrogen) atoms. The van der Waals surface area contributed by atoms with E-state index in [2.05, 4.69) is 10.1 Å². The Kier molecular flexibility index (Phi) is 7.78. The highest BCUT2D eigenvalue weighted by Gasteiger charge is 2.33. The lowest BCUT2D eigenvalue weighted by atomic mass is 10.1. The average molecular weight is 389 g/mol. The van der Waals surface area contributed by atoms with E-state index in [4.69, 9.17) is 0 Å². The van der Waals surface area contributed by atoms with Gasteiger partial charge in [0, 0.05) is 25.7 Å². The molecule has 0 saturated carbocycles. The van der Waals surface area contributed by atoms with Crippen molar-refractivity contribution in [3.8, 4) is 5.75 Å². The summed E-state index contributed by atoms with van der Waals surface area (Å²) in [6.07, 6.45) is 1.50. The fourth-order valence-corrected chi connectivity index (χ4v) is 4.27. The van der Waals surface area contributed by atoms with Crippen molar-refractivity contribution in [3.05, 3.63) is 24.0 Å².